The van der Waals surface area contributed by atoms with E-state index >= 15 is 0 Å². The molecular formula is C15H14N2O5. The van der Waals surface area contributed by atoms with Gasteiger partial charge in [-0.2, -0.15) is 0 Å². The molecule has 0 radical (unpaired) electrons. The third kappa shape index (κ3) is 2.84. The second kappa shape index (κ2) is 5.98. The minimum atomic E-state index is -1.08. The third-order valence-electron chi connectivity index (χ3n) is 3.42. The first kappa shape index (κ1) is 14.3. The molecule has 0 bridgehead atoms. The molecule has 2 heterocycles. The lowest BCUT2D eigenvalue weighted by Gasteiger charge is -2.30. The summed E-state index contributed by atoms with van der Waals surface area (Å²) in [7, 11) is 0. The van der Waals surface area contributed by atoms with Crippen LogP contribution in [0.4, 0.5) is 0 Å². The number of ether oxygens (including phenoxy) is 1. The number of carboxylic acids is 1. The van der Waals surface area contributed by atoms with E-state index in [-0.39, 0.29) is 24.8 Å². The van der Waals surface area contributed by atoms with E-state index in [2.05, 4.69) is 5.16 Å². The standard InChI is InChI=1S/C15H14N2O5/c18-14(17-6-7-21-13(9-17)15(19)20)11-8-12(22-16-11)10-4-2-1-3-5-10/h1-5,8,13H,6-7,9H2,(H,19,20)/t13-/m1/s1. The first-order valence-corrected chi connectivity index (χ1v) is 6.81. The van der Waals surface area contributed by atoms with E-state index in [1.807, 2.05) is 30.3 Å². The number of amides is 1. The minimum Gasteiger partial charge on any atom is -0.479 e. The Morgan fingerprint density at radius 1 is 1.27 bits per heavy atom. The molecule has 1 aromatic carbocycles. The second-order valence-corrected chi connectivity index (χ2v) is 4.89. The highest BCUT2D eigenvalue weighted by molar-refractivity contribution is 5.93. The number of hydrogen-bond acceptors (Lipinski definition) is 5. The fraction of sp³-hybridized carbons (Fsp3) is 0.267. The molecule has 0 unspecified atom stereocenters. The molecular weight excluding hydrogens is 288 g/mol. The fourth-order valence-corrected chi connectivity index (χ4v) is 2.26. The van der Waals surface area contributed by atoms with Crippen LogP contribution in [0.1, 0.15) is 10.5 Å². The van der Waals surface area contributed by atoms with E-state index in [1.165, 1.54) is 4.90 Å². The number of benzene rings is 1. The van der Waals surface area contributed by atoms with Gasteiger partial charge in [-0.1, -0.05) is 35.5 Å². The highest BCUT2D eigenvalue weighted by Crippen LogP contribution is 2.21. The lowest BCUT2D eigenvalue weighted by Crippen LogP contribution is -2.48. The van der Waals surface area contributed by atoms with Crippen molar-refractivity contribution in [3.63, 3.8) is 0 Å². The van der Waals surface area contributed by atoms with Crippen molar-refractivity contribution in [2.75, 3.05) is 19.7 Å². The smallest absolute Gasteiger partial charge is 0.334 e. The number of carbonyl (C=O) groups is 2. The lowest BCUT2D eigenvalue weighted by molar-refractivity contribution is -0.154. The van der Waals surface area contributed by atoms with Gasteiger partial charge in [0, 0.05) is 18.2 Å². The van der Waals surface area contributed by atoms with Crippen LogP contribution in [0.3, 0.4) is 0 Å². The minimum absolute atomic E-state index is 0.00168. The number of rotatable bonds is 3. The van der Waals surface area contributed by atoms with Gasteiger partial charge in [0.15, 0.2) is 17.6 Å². The quantitative estimate of drug-likeness (QED) is 0.917. The van der Waals surface area contributed by atoms with E-state index in [0.29, 0.717) is 12.3 Å². The number of hydrogen-bond donors (Lipinski definition) is 1. The maximum atomic E-state index is 12.4. The van der Waals surface area contributed by atoms with Crippen LogP contribution < -0.4 is 0 Å². The number of aromatic nitrogens is 1. The SMILES string of the molecule is O=C(O)[C@H]1CN(C(=O)c2cc(-c3ccccc3)on2)CCO1. The van der Waals surface area contributed by atoms with Gasteiger partial charge in [0.05, 0.1) is 13.2 Å². The summed E-state index contributed by atoms with van der Waals surface area (Å²) in [5.41, 5.74) is 0.976. The maximum Gasteiger partial charge on any atom is 0.334 e. The Morgan fingerprint density at radius 3 is 2.77 bits per heavy atom. The Bertz CT molecular complexity index is 682. The summed E-state index contributed by atoms with van der Waals surface area (Å²) in [4.78, 5) is 24.7. The van der Waals surface area contributed by atoms with Crippen molar-refractivity contribution in [2.45, 2.75) is 6.10 Å². The van der Waals surface area contributed by atoms with Gasteiger partial charge in [0.1, 0.15) is 0 Å². The predicted octanol–water partition coefficient (Wildman–Crippen LogP) is 1.27. The van der Waals surface area contributed by atoms with Crippen LogP contribution in [-0.2, 0) is 9.53 Å². The molecule has 22 heavy (non-hydrogen) atoms. The van der Waals surface area contributed by atoms with Crippen molar-refractivity contribution in [3.8, 4) is 11.3 Å². The zero-order chi connectivity index (χ0) is 15.5. The van der Waals surface area contributed by atoms with E-state index in [0.717, 1.165) is 5.56 Å². The van der Waals surface area contributed by atoms with Crippen LogP contribution in [0.5, 0.6) is 0 Å². The largest absolute Gasteiger partial charge is 0.479 e. The Labute approximate surface area is 126 Å². The lowest BCUT2D eigenvalue weighted by atomic mass is 10.1. The van der Waals surface area contributed by atoms with Crippen LogP contribution in [0.15, 0.2) is 40.9 Å². The molecule has 114 valence electrons. The summed E-state index contributed by atoms with van der Waals surface area (Å²) in [6, 6.07) is 10.9. The number of aliphatic carboxylic acids is 1. The van der Waals surface area contributed by atoms with Crippen LogP contribution in [0, 0.1) is 0 Å². The number of morpholine rings is 1. The fourth-order valence-electron chi connectivity index (χ4n) is 2.26. The maximum absolute atomic E-state index is 12.4. The van der Waals surface area contributed by atoms with Gasteiger partial charge in [-0.3, -0.25) is 4.79 Å². The molecule has 1 aliphatic heterocycles. The van der Waals surface area contributed by atoms with Gasteiger partial charge in [0.2, 0.25) is 0 Å². The van der Waals surface area contributed by atoms with Crippen molar-refractivity contribution >= 4 is 11.9 Å². The normalized spacial score (nSPS) is 18.2. The van der Waals surface area contributed by atoms with Gasteiger partial charge < -0.3 is 19.3 Å². The molecule has 2 aromatic rings. The summed E-state index contributed by atoms with van der Waals surface area (Å²) < 4.78 is 10.3. The summed E-state index contributed by atoms with van der Waals surface area (Å²) in [5, 5.41) is 12.7. The first-order chi connectivity index (χ1) is 10.6. The highest BCUT2D eigenvalue weighted by Gasteiger charge is 2.30. The molecule has 1 aliphatic rings. The van der Waals surface area contributed by atoms with Gasteiger partial charge in [-0.05, 0) is 0 Å². The molecule has 7 nitrogen and oxygen atoms in total. The number of nitrogens with zero attached hydrogens (tertiary/aromatic N) is 2. The van der Waals surface area contributed by atoms with E-state index in [4.69, 9.17) is 14.4 Å². The molecule has 7 heteroatoms. The van der Waals surface area contributed by atoms with Crippen LogP contribution >= 0.6 is 0 Å². The Hall–Kier alpha value is -2.67. The molecule has 0 aliphatic carbocycles. The summed E-state index contributed by atoms with van der Waals surface area (Å²) in [6.07, 6.45) is -1.00. The Balaban J connectivity index is 1.76. The van der Waals surface area contributed by atoms with Crippen LogP contribution in [0.25, 0.3) is 11.3 Å². The van der Waals surface area contributed by atoms with Crippen molar-refractivity contribution in [2.24, 2.45) is 0 Å². The summed E-state index contributed by atoms with van der Waals surface area (Å²) in [5.74, 6) is -0.949. The molecule has 3 rings (SSSR count). The monoisotopic (exact) mass is 302 g/mol. The highest BCUT2D eigenvalue weighted by atomic mass is 16.5. The second-order valence-electron chi connectivity index (χ2n) is 4.89. The molecule has 1 fully saturated rings. The van der Waals surface area contributed by atoms with Crippen LogP contribution in [0.2, 0.25) is 0 Å². The molecule has 0 spiro atoms. The molecule has 1 N–H and O–H groups in total. The van der Waals surface area contributed by atoms with E-state index < -0.39 is 12.1 Å². The Morgan fingerprint density at radius 2 is 2.05 bits per heavy atom. The van der Waals surface area contributed by atoms with E-state index in [1.54, 1.807) is 6.07 Å². The predicted molar refractivity (Wildman–Crippen MR) is 75.2 cm³/mol. The van der Waals surface area contributed by atoms with Gasteiger partial charge in [-0.15, -0.1) is 0 Å². The zero-order valence-corrected chi connectivity index (χ0v) is 11.6. The van der Waals surface area contributed by atoms with Crippen molar-refractivity contribution in [3.05, 3.63) is 42.1 Å². The molecule has 1 atom stereocenters. The van der Waals surface area contributed by atoms with Crippen molar-refractivity contribution in [1.29, 1.82) is 0 Å². The number of carboxylic acid groups (broad SMARTS) is 1. The average molecular weight is 302 g/mol. The Kier molecular flexibility index (Phi) is 3.88. The summed E-state index contributed by atoms with van der Waals surface area (Å²) >= 11 is 0. The topological polar surface area (TPSA) is 92.9 Å². The van der Waals surface area contributed by atoms with Gasteiger partial charge in [0.25, 0.3) is 5.91 Å². The van der Waals surface area contributed by atoms with E-state index in [9.17, 15) is 9.59 Å². The third-order valence-corrected chi connectivity index (χ3v) is 3.42. The van der Waals surface area contributed by atoms with Gasteiger partial charge in [-0.25, -0.2) is 4.79 Å². The molecule has 1 amide bonds. The average Bonchev–Trinajstić information content (AvgIpc) is 3.05. The van der Waals surface area contributed by atoms with Crippen molar-refractivity contribution < 1.29 is 24.0 Å². The molecule has 0 saturated carbocycles. The van der Waals surface area contributed by atoms with Gasteiger partial charge >= 0.3 is 5.97 Å². The molecule has 1 aromatic heterocycles. The zero-order valence-electron chi connectivity index (χ0n) is 11.6. The van der Waals surface area contributed by atoms with Crippen molar-refractivity contribution in [1.82, 2.24) is 10.1 Å². The first-order valence-electron chi connectivity index (χ1n) is 6.81. The number of carbonyl (C=O) groups excluding carboxylic acids is 1. The van der Waals surface area contributed by atoms with Crippen LogP contribution in [-0.4, -0.2) is 52.8 Å². The summed E-state index contributed by atoms with van der Waals surface area (Å²) in [6.45, 7) is 0.518. The molecule has 1 saturated heterocycles.